The van der Waals surface area contributed by atoms with Crippen molar-refractivity contribution in [2.24, 2.45) is 0 Å². The van der Waals surface area contributed by atoms with Gasteiger partial charge in [0.15, 0.2) is 0 Å². The molecule has 0 N–H and O–H groups in total. The quantitative estimate of drug-likeness (QED) is 0.593. The Morgan fingerprint density at radius 3 is 2.75 bits per heavy atom. The Hall–Kier alpha value is -1.26. The van der Waals surface area contributed by atoms with Gasteiger partial charge in [-0.1, -0.05) is 0 Å². The van der Waals surface area contributed by atoms with Gasteiger partial charge in [-0.3, -0.25) is 0 Å². The van der Waals surface area contributed by atoms with Gasteiger partial charge < -0.3 is 9.47 Å². The Labute approximate surface area is 70.2 Å². The van der Waals surface area contributed by atoms with Crippen LogP contribution in [0, 0.1) is 0 Å². The van der Waals surface area contributed by atoms with Gasteiger partial charge in [0.1, 0.15) is 6.61 Å². The molecule has 1 saturated heterocycles. The highest BCUT2D eigenvalue weighted by molar-refractivity contribution is 5.88. The molecule has 12 heavy (non-hydrogen) atoms. The fourth-order valence-electron chi connectivity index (χ4n) is 0.825. The van der Waals surface area contributed by atoms with Crippen LogP contribution >= 0.6 is 0 Å². The Morgan fingerprint density at radius 2 is 2.33 bits per heavy atom. The molecule has 2 amide bonds. The zero-order valence-electron chi connectivity index (χ0n) is 7.07. The summed E-state index contributed by atoms with van der Waals surface area (Å²) in [5.74, 6) is 0. The highest BCUT2D eigenvalue weighted by Gasteiger charge is 2.29. The third kappa shape index (κ3) is 1.87. The molecule has 1 heterocycles. The second-order valence-corrected chi connectivity index (χ2v) is 2.70. The number of rotatable bonds is 1. The van der Waals surface area contributed by atoms with E-state index in [-0.39, 0.29) is 19.3 Å². The third-order valence-electron chi connectivity index (χ3n) is 1.32. The van der Waals surface area contributed by atoms with Gasteiger partial charge >= 0.3 is 12.2 Å². The Balaban J connectivity index is 2.46. The standard InChI is InChI=1S/C7H11NO4/c1-5(2)12-7(10)8-3-4-11-6(8)9/h5H,3-4H2,1-2H3. The van der Waals surface area contributed by atoms with Crippen LogP contribution in [0.1, 0.15) is 13.8 Å². The van der Waals surface area contributed by atoms with Gasteiger partial charge in [-0.15, -0.1) is 0 Å². The molecule has 5 nitrogen and oxygen atoms in total. The van der Waals surface area contributed by atoms with Gasteiger partial charge in [0.2, 0.25) is 0 Å². The summed E-state index contributed by atoms with van der Waals surface area (Å²) in [4.78, 5) is 22.8. The number of nitrogens with zero attached hydrogens (tertiary/aromatic N) is 1. The SMILES string of the molecule is CC(C)OC(=O)N1CCOC1=O. The molecule has 1 fully saturated rings. The molecule has 0 spiro atoms. The molecule has 1 rings (SSSR count). The van der Waals surface area contributed by atoms with Crippen molar-refractivity contribution in [1.29, 1.82) is 0 Å². The summed E-state index contributed by atoms with van der Waals surface area (Å²) < 4.78 is 9.35. The van der Waals surface area contributed by atoms with Crippen LogP contribution in [-0.2, 0) is 9.47 Å². The number of amides is 2. The van der Waals surface area contributed by atoms with E-state index in [2.05, 4.69) is 4.74 Å². The van der Waals surface area contributed by atoms with E-state index in [1.807, 2.05) is 0 Å². The van der Waals surface area contributed by atoms with Crippen molar-refractivity contribution in [2.45, 2.75) is 20.0 Å². The lowest BCUT2D eigenvalue weighted by atomic mass is 10.5. The smallest absolute Gasteiger partial charge is 0.419 e. The minimum atomic E-state index is -0.632. The number of hydrogen-bond acceptors (Lipinski definition) is 4. The van der Waals surface area contributed by atoms with Crippen LogP contribution in [0.15, 0.2) is 0 Å². The molecular formula is C7H11NO4. The van der Waals surface area contributed by atoms with Crippen LogP contribution in [0.4, 0.5) is 9.59 Å². The van der Waals surface area contributed by atoms with E-state index in [0.717, 1.165) is 4.90 Å². The number of carbonyl (C=O) groups excluding carboxylic acids is 2. The lowest BCUT2D eigenvalue weighted by Crippen LogP contribution is -2.33. The Bertz CT molecular complexity index is 202. The van der Waals surface area contributed by atoms with E-state index in [0.29, 0.717) is 0 Å². The molecule has 1 aliphatic heterocycles. The minimum absolute atomic E-state index is 0.217. The molecule has 0 aromatic heterocycles. The average molecular weight is 173 g/mol. The summed E-state index contributed by atoms with van der Waals surface area (Å²) in [5.41, 5.74) is 0. The molecule has 5 heteroatoms. The molecule has 68 valence electrons. The van der Waals surface area contributed by atoms with Crippen molar-refractivity contribution in [1.82, 2.24) is 4.90 Å². The van der Waals surface area contributed by atoms with Crippen molar-refractivity contribution in [2.75, 3.05) is 13.2 Å². The maximum atomic E-state index is 11.1. The first kappa shape index (κ1) is 8.83. The lowest BCUT2D eigenvalue weighted by molar-refractivity contribution is 0.0862. The van der Waals surface area contributed by atoms with Gasteiger partial charge in [0.25, 0.3) is 0 Å². The predicted octanol–water partition coefficient (Wildman–Crippen LogP) is 0.984. The summed E-state index contributed by atoms with van der Waals surface area (Å²) in [6.45, 7) is 3.98. The highest BCUT2D eigenvalue weighted by atomic mass is 16.6. The molecule has 0 unspecified atom stereocenters. The third-order valence-corrected chi connectivity index (χ3v) is 1.32. The summed E-state index contributed by atoms with van der Waals surface area (Å²) in [6.07, 6.45) is -1.47. The zero-order valence-corrected chi connectivity index (χ0v) is 7.07. The van der Waals surface area contributed by atoms with Crippen LogP contribution in [0.5, 0.6) is 0 Å². The minimum Gasteiger partial charge on any atom is -0.447 e. The normalized spacial score (nSPS) is 16.6. The maximum Gasteiger partial charge on any atom is 0.419 e. The first-order valence-corrected chi connectivity index (χ1v) is 3.76. The van der Waals surface area contributed by atoms with Crippen molar-refractivity contribution >= 4 is 12.2 Å². The van der Waals surface area contributed by atoms with Crippen molar-refractivity contribution in [3.05, 3.63) is 0 Å². The second kappa shape index (κ2) is 3.42. The molecule has 0 aliphatic carbocycles. The molecule has 0 aromatic rings. The van der Waals surface area contributed by atoms with E-state index < -0.39 is 12.2 Å². The van der Waals surface area contributed by atoms with Crippen molar-refractivity contribution in [3.8, 4) is 0 Å². The lowest BCUT2D eigenvalue weighted by Gasteiger charge is -2.13. The van der Waals surface area contributed by atoms with Gasteiger partial charge in [0.05, 0.1) is 12.6 Å². The first-order valence-electron chi connectivity index (χ1n) is 3.76. The summed E-state index contributed by atoms with van der Waals surface area (Å²) in [6, 6.07) is 0. The van der Waals surface area contributed by atoms with E-state index in [1.54, 1.807) is 13.8 Å². The number of hydrogen-bond donors (Lipinski definition) is 0. The first-order chi connectivity index (χ1) is 5.61. The van der Waals surface area contributed by atoms with Gasteiger partial charge in [-0.2, -0.15) is 0 Å². The van der Waals surface area contributed by atoms with Gasteiger partial charge in [0, 0.05) is 0 Å². The number of ether oxygens (including phenoxy) is 2. The fourth-order valence-corrected chi connectivity index (χ4v) is 0.825. The van der Waals surface area contributed by atoms with Crippen LogP contribution in [0.3, 0.4) is 0 Å². The Morgan fingerprint density at radius 1 is 1.67 bits per heavy atom. The van der Waals surface area contributed by atoms with Crippen LogP contribution in [-0.4, -0.2) is 36.3 Å². The zero-order chi connectivity index (χ0) is 9.14. The molecule has 0 atom stereocenters. The molecule has 1 aliphatic rings. The monoisotopic (exact) mass is 173 g/mol. The molecule has 0 radical (unpaired) electrons. The highest BCUT2D eigenvalue weighted by Crippen LogP contribution is 2.06. The summed E-state index contributed by atoms with van der Waals surface area (Å²) in [7, 11) is 0. The molecule has 0 aromatic carbocycles. The summed E-state index contributed by atoms with van der Waals surface area (Å²) in [5, 5.41) is 0. The average Bonchev–Trinajstić information content (AvgIpc) is 2.33. The second-order valence-electron chi connectivity index (χ2n) is 2.70. The van der Waals surface area contributed by atoms with Crippen LogP contribution < -0.4 is 0 Å². The van der Waals surface area contributed by atoms with Crippen LogP contribution in [0.2, 0.25) is 0 Å². The maximum absolute atomic E-state index is 11.1. The Kier molecular flexibility index (Phi) is 2.52. The van der Waals surface area contributed by atoms with E-state index in [1.165, 1.54) is 0 Å². The van der Waals surface area contributed by atoms with Crippen molar-refractivity contribution in [3.63, 3.8) is 0 Å². The summed E-state index contributed by atoms with van der Waals surface area (Å²) >= 11 is 0. The largest absolute Gasteiger partial charge is 0.447 e. The van der Waals surface area contributed by atoms with Crippen LogP contribution in [0.25, 0.3) is 0 Å². The van der Waals surface area contributed by atoms with Crippen molar-refractivity contribution < 1.29 is 19.1 Å². The fraction of sp³-hybridized carbons (Fsp3) is 0.714. The van der Waals surface area contributed by atoms with E-state index in [9.17, 15) is 9.59 Å². The number of cyclic esters (lactones) is 1. The number of carbonyl (C=O) groups is 2. The topological polar surface area (TPSA) is 55.8 Å². The number of imide groups is 1. The van der Waals surface area contributed by atoms with Gasteiger partial charge in [-0.05, 0) is 13.8 Å². The van der Waals surface area contributed by atoms with E-state index >= 15 is 0 Å². The molecule has 0 saturated carbocycles. The van der Waals surface area contributed by atoms with Gasteiger partial charge in [-0.25, -0.2) is 14.5 Å². The molecular weight excluding hydrogens is 162 g/mol. The molecule has 0 bridgehead atoms. The van der Waals surface area contributed by atoms with E-state index in [4.69, 9.17) is 4.74 Å². The predicted molar refractivity (Wildman–Crippen MR) is 39.7 cm³/mol.